The number of benzene rings is 1. The minimum atomic E-state index is -0.241. The van der Waals surface area contributed by atoms with Gasteiger partial charge in [-0.3, -0.25) is 4.79 Å². The number of halogens is 1. The number of rotatable bonds is 8. The van der Waals surface area contributed by atoms with E-state index in [1.54, 1.807) is 12.1 Å². The minimum Gasteiger partial charge on any atom is -0.466 e. The van der Waals surface area contributed by atoms with Gasteiger partial charge in [-0.15, -0.1) is 0 Å². The molecule has 1 atom stereocenters. The van der Waals surface area contributed by atoms with Crippen molar-refractivity contribution in [3.63, 3.8) is 0 Å². The van der Waals surface area contributed by atoms with Crippen molar-refractivity contribution in [2.75, 3.05) is 6.61 Å². The highest BCUT2D eigenvalue weighted by Crippen LogP contribution is 2.25. The zero-order valence-electron chi connectivity index (χ0n) is 11.8. The molecule has 0 fully saturated rings. The Kier molecular flexibility index (Phi) is 7.75. The summed E-state index contributed by atoms with van der Waals surface area (Å²) in [6, 6.07) is 9.46. The second-order valence-corrected chi connectivity index (χ2v) is 5.05. The van der Waals surface area contributed by atoms with Crippen LogP contribution in [-0.2, 0) is 9.53 Å². The topological polar surface area (TPSA) is 50.1 Å². The normalized spacial score (nSPS) is 11.7. The van der Waals surface area contributed by atoms with Crippen LogP contribution in [0.5, 0.6) is 0 Å². The Hall–Kier alpha value is -1.53. The molecule has 0 radical (unpaired) electrons. The third-order valence-corrected chi connectivity index (χ3v) is 3.38. The lowest BCUT2D eigenvalue weighted by Gasteiger charge is -2.16. The van der Waals surface area contributed by atoms with E-state index in [0.717, 1.165) is 31.2 Å². The van der Waals surface area contributed by atoms with E-state index in [0.29, 0.717) is 18.1 Å². The monoisotopic (exact) mass is 293 g/mol. The number of esters is 1. The number of unbranched alkanes of at least 4 members (excludes halogenated alkanes) is 3. The molecule has 0 bridgehead atoms. The second kappa shape index (κ2) is 9.39. The van der Waals surface area contributed by atoms with E-state index in [-0.39, 0.29) is 11.9 Å². The van der Waals surface area contributed by atoms with E-state index in [9.17, 15) is 4.79 Å². The lowest BCUT2D eigenvalue weighted by molar-refractivity contribution is -0.145. The summed E-state index contributed by atoms with van der Waals surface area (Å²) in [6.07, 6.45) is 4.06. The van der Waals surface area contributed by atoms with Crippen molar-refractivity contribution in [2.24, 2.45) is 0 Å². The van der Waals surface area contributed by atoms with Gasteiger partial charge in [-0.05, 0) is 37.5 Å². The minimum absolute atomic E-state index is 0.185. The molecule has 0 saturated carbocycles. The highest BCUT2D eigenvalue weighted by atomic mass is 35.5. The van der Waals surface area contributed by atoms with Crippen molar-refractivity contribution in [1.29, 1.82) is 5.26 Å². The average molecular weight is 294 g/mol. The summed E-state index contributed by atoms with van der Waals surface area (Å²) in [4.78, 5) is 12.0. The standard InChI is InChI=1S/C16H20ClNO2/c1-2-20-16(19)15(7-5-3-4-6-12-18)13-8-10-14(17)11-9-13/h8-11,15H,2-7H2,1H3. The summed E-state index contributed by atoms with van der Waals surface area (Å²) in [5.74, 6) is -0.426. The van der Waals surface area contributed by atoms with Gasteiger partial charge in [0.1, 0.15) is 0 Å². The van der Waals surface area contributed by atoms with Crippen molar-refractivity contribution in [1.82, 2.24) is 0 Å². The largest absolute Gasteiger partial charge is 0.466 e. The zero-order valence-corrected chi connectivity index (χ0v) is 12.5. The van der Waals surface area contributed by atoms with Gasteiger partial charge >= 0.3 is 5.97 Å². The molecule has 0 N–H and O–H groups in total. The van der Waals surface area contributed by atoms with Gasteiger partial charge in [0.25, 0.3) is 0 Å². The van der Waals surface area contributed by atoms with Crippen LogP contribution in [-0.4, -0.2) is 12.6 Å². The Bertz CT molecular complexity index is 451. The van der Waals surface area contributed by atoms with E-state index in [4.69, 9.17) is 21.6 Å². The molecule has 0 heterocycles. The van der Waals surface area contributed by atoms with Crippen molar-refractivity contribution < 1.29 is 9.53 Å². The molecule has 108 valence electrons. The number of carbonyl (C=O) groups is 1. The molecule has 0 aliphatic carbocycles. The number of hydrogen-bond acceptors (Lipinski definition) is 3. The molecule has 1 unspecified atom stereocenters. The fourth-order valence-corrected chi connectivity index (χ4v) is 2.21. The smallest absolute Gasteiger partial charge is 0.313 e. The summed E-state index contributed by atoms with van der Waals surface area (Å²) >= 11 is 5.87. The van der Waals surface area contributed by atoms with Crippen molar-refractivity contribution in [3.05, 3.63) is 34.9 Å². The van der Waals surface area contributed by atoms with Gasteiger partial charge in [0.05, 0.1) is 18.6 Å². The third kappa shape index (κ3) is 5.63. The summed E-state index contributed by atoms with van der Waals surface area (Å²) in [5.41, 5.74) is 0.938. The third-order valence-electron chi connectivity index (χ3n) is 3.12. The molecule has 1 aromatic carbocycles. The summed E-state index contributed by atoms with van der Waals surface area (Å²) in [5, 5.41) is 9.16. The van der Waals surface area contributed by atoms with E-state index in [1.807, 2.05) is 19.1 Å². The van der Waals surface area contributed by atoms with Gasteiger partial charge in [0.15, 0.2) is 0 Å². The van der Waals surface area contributed by atoms with Crippen LogP contribution < -0.4 is 0 Å². The van der Waals surface area contributed by atoms with E-state index < -0.39 is 0 Å². The van der Waals surface area contributed by atoms with Gasteiger partial charge in [-0.1, -0.05) is 36.6 Å². The van der Waals surface area contributed by atoms with Crippen LogP contribution in [0.15, 0.2) is 24.3 Å². The zero-order chi connectivity index (χ0) is 14.8. The predicted molar refractivity (Wildman–Crippen MR) is 79.5 cm³/mol. The molecular formula is C16H20ClNO2. The van der Waals surface area contributed by atoms with Crippen LogP contribution in [0.1, 0.15) is 50.5 Å². The number of carbonyl (C=O) groups excluding carboxylic acids is 1. The van der Waals surface area contributed by atoms with Gasteiger partial charge in [0, 0.05) is 11.4 Å². The molecule has 3 nitrogen and oxygen atoms in total. The molecule has 4 heteroatoms. The van der Waals surface area contributed by atoms with Gasteiger partial charge in [-0.2, -0.15) is 5.26 Å². The van der Waals surface area contributed by atoms with Gasteiger partial charge in [0.2, 0.25) is 0 Å². The maximum Gasteiger partial charge on any atom is 0.313 e. The summed E-state index contributed by atoms with van der Waals surface area (Å²) in [7, 11) is 0. The Labute approximate surface area is 125 Å². The maximum absolute atomic E-state index is 12.0. The number of ether oxygens (including phenoxy) is 1. The Morgan fingerprint density at radius 3 is 2.60 bits per heavy atom. The SMILES string of the molecule is CCOC(=O)C(CCCCCC#N)c1ccc(Cl)cc1. The molecule has 0 saturated heterocycles. The first-order valence-corrected chi connectivity index (χ1v) is 7.36. The van der Waals surface area contributed by atoms with Gasteiger partial charge < -0.3 is 4.74 Å². The Morgan fingerprint density at radius 1 is 1.30 bits per heavy atom. The average Bonchev–Trinajstić information content (AvgIpc) is 2.44. The number of hydrogen-bond donors (Lipinski definition) is 0. The number of nitrogens with zero attached hydrogens (tertiary/aromatic N) is 1. The molecule has 1 rings (SSSR count). The summed E-state index contributed by atoms with van der Waals surface area (Å²) < 4.78 is 5.14. The van der Waals surface area contributed by atoms with Crippen LogP contribution in [0, 0.1) is 11.3 Å². The molecule has 0 amide bonds. The van der Waals surface area contributed by atoms with Crippen LogP contribution >= 0.6 is 11.6 Å². The molecular weight excluding hydrogens is 274 g/mol. The highest BCUT2D eigenvalue weighted by molar-refractivity contribution is 6.30. The molecule has 0 aliphatic rings. The number of nitriles is 1. The molecule has 1 aromatic rings. The molecule has 20 heavy (non-hydrogen) atoms. The first-order chi connectivity index (χ1) is 9.69. The molecule has 0 aliphatic heterocycles. The quantitative estimate of drug-likeness (QED) is 0.525. The lowest BCUT2D eigenvalue weighted by atomic mass is 9.93. The van der Waals surface area contributed by atoms with E-state index >= 15 is 0 Å². The van der Waals surface area contributed by atoms with Crippen LogP contribution in [0.25, 0.3) is 0 Å². The predicted octanol–water partition coefficient (Wildman–Crippen LogP) is 4.46. The fraction of sp³-hybridized carbons (Fsp3) is 0.500. The van der Waals surface area contributed by atoms with E-state index in [2.05, 4.69) is 6.07 Å². The van der Waals surface area contributed by atoms with Crippen molar-refractivity contribution in [3.8, 4) is 6.07 Å². The Morgan fingerprint density at radius 2 is 2.00 bits per heavy atom. The first-order valence-electron chi connectivity index (χ1n) is 6.98. The second-order valence-electron chi connectivity index (χ2n) is 4.61. The molecule has 0 spiro atoms. The van der Waals surface area contributed by atoms with Crippen molar-refractivity contribution >= 4 is 17.6 Å². The highest BCUT2D eigenvalue weighted by Gasteiger charge is 2.21. The van der Waals surface area contributed by atoms with Crippen LogP contribution in [0.2, 0.25) is 5.02 Å². The summed E-state index contributed by atoms with van der Waals surface area (Å²) in [6.45, 7) is 2.20. The van der Waals surface area contributed by atoms with Gasteiger partial charge in [-0.25, -0.2) is 0 Å². The maximum atomic E-state index is 12.0. The fourth-order valence-electron chi connectivity index (χ4n) is 2.09. The van der Waals surface area contributed by atoms with Crippen molar-refractivity contribution in [2.45, 2.75) is 44.9 Å². The molecule has 0 aromatic heterocycles. The van der Waals surface area contributed by atoms with E-state index in [1.165, 1.54) is 0 Å². The van der Waals surface area contributed by atoms with Crippen LogP contribution in [0.3, 0.4) is 0 Å². The van der Waals surface area contributed by atoms with Crippen LogP contribution in [0.4, 0.5) is 0 Å². The Balaban J connectivity index is 2.63. The first kappa shape index (κ1) is 16.5. The lowest BCUT2D eigenvalue weighted by Crippen LogP contribution is -2.16.